The Morgan fingerprint density at radius 2 is 1.67 bits per heavy atom. The van der Waals surface area contributed by atoms with E-state index >= 15 is 0 Å². The molecule has 6 nitrogen and oxygen atoms in total. The molecule has 0 radical (unpaired) electrons. The van der Waals surface area contributed by atoms with Crippen molar-refractivity contribution in [2.45, 2.75) is 11.8 Å². The standard InChI is InChI=1S/C10H16N2O4S2/c1-2-17(13,14)10-5-3-9(4-6-10)12-7-8-18(11,15)16/h3-6,12H,2,7-8H2,1H3,(H2,11,15,16). The molecule has 0 aliphatic heterocycles. The molecule has 3 N–H and O–H groups in total. The summed E-state index contributed by atoms with van der Waals surface area (Å²) in [5.41, 5.74) is 0.647. The molecule has 0 bridgehead atoms. The van der Waals surface area contributed by atoms with Crippen molar-refractivity contribution >= 4 is 25.5 Å². The van der Waals surface area contributed by atoms with Crippen molar-refractivity contribution < 1.29 is 16.8 Å². The predicted octanol–water partition coefficient (Wildman–Crippen LogP) is 0.181. The van der Waals surface area contributed by atoms with Crippen LogP contribution in [0.25, 0.3) is 0 Å². The quantitative estimate of drug-likeness (QED) is 0.778. The molecule has 0 aliphatic carbocycles. The number of nitrogens with two attached hydrogens (primary N) is 1. The van der Waals surface area contributed by atoms with Gasteiger partial charge >= 0.3 is 0 Å². The second-order valence-electron chi connectivity index (χ2n) is 3.72. The minimum Gasteiger partial charge on any atom is -0.384 e. The Morgan fingerprint density at radius 1 is 1.11 bits per heavy atom. The highest BCUT2D eigenvalue weighted by Gasteiger charge is 2.10. The highest BCUT2D eigenvalue weighted by molar-refractivity contribution is 7.91. The lowest BCUT2D eigenvalue weighted by Crippen LogP contribution is -2.22. The zero-order valence-electron chi connectivity index (χ0n) is 9.96. The van der Waals surface area contributed by atoms with Crippen LogP contribution in [0.5, 0.6) is 0 Å². The van der Waals surface area contributed by atoms with Gasteiger partial charge in [0.2, 0.25) is 10.0 Å². The van der Waals surface area contributed by atoms with Crippen LogP contribution in [0.3, 0.4) is 0 Å². The summed E-state index contributed by atoms with van der Waals surface area (Å²) >= 11 is 0. The van der Waals surface area contributed by atoms with Crippen LogP contribution in [0.2, 0.25) is 0 Å². The smallest absolute Gasteiger partial charge is 0.210 e. The Hall–Kier alpha value is -1.12. The second kappa shape index (κ2) is 5.68. The maximum Gasteiger partial charge on any atom is 0.210 e. The summed E-state index contributed by atoms with van der Waals surface area (Å²) in [7, 11) is -6.69. The molecule has 102 valence electrons. The minimum atomic E-state index is -3.49. The van der Waals surface area contributed by atoms with Crippen LogP contribution >= 0.6 is 0 Å². The summed E-state index contributed by atoms with van der Waals surface area (Å²) in [5, 5.41) is 7.70. The van der Waals surface area contributed by atoms with Crippen molar-refractivity contribution in [1.82, 2.24) is 0 Å². The Labute approximate surface area is 107 Å². The van der Waals surface area contributed by atoms with Gasteiger partial charge in [-0.25, -0.2) is 22.0 Å². The van der Waals surface area contributed by atoms with Crippen LogP contribution in [-0.2, 0) is 19.9 Å². The van der Waals surface area contributed by atoms with Gasteiger partial charge < -0.3 is 5.32 Å². The molecule has 0 saturated heterocycles. The van der Waals surface area contributed by atoms with E-state index in [9.17, 15) is 16.8 Å². The molecule has 0 amide bonds. The Morgan fingerprint density at radius 3 is 2.11 bits per heavy atom. The van der Waals surface area contributed by atoms with Crippen molar-refractivity contribution in [1.29, 1.82) is 0 Å². The average Bonchev–Trinajstić information content (AvgIpc) is 2.28. The first kappa shape index (κ1) is 14.9. The number of sulfonamides is 1. The summed E-state index contributed by atoms with van der Waals surface area (Å²) in [5.74, 6) is -0.132. The van der Waals surface area contributed by atoms with Gasteiger partial charge in [-0.2, -0.15) is 0 Å². The molecule has 1 aromatic rings. The zero-order valence-corrected chi connectivity index (χ0v) is 11.6. The number of rotatable bonds is 6. The van der Waals surface area contributed by atoms with Crippen molar-refractivity contribution in [2.75, 3.05) is 23.4 Å². The van der Waals surface area contributed by atoms with Gasteiger partial charge in [-0.05, 0) is 24.3 Å². The monoisotopic (exact) mass is 292 g/mol. The molecule has 8 heteroatoms. The maximum atomic E-state index is 11.5. The van der Waals surface area contributed by atoms with E-state index in [-0.39, 0.29) is 22.9 Å². The Balaban J connectivity index is 2.67. The first-order valence-electron chi connectivity index (χ1n) is 5.32. The minimum absolute atomic E-state index is 0.0468. The topological polar surface area (TPSA) is 106 Å². The molecule has 0 spiro atoms. The van der Waals surface area contributed by atoms with Crippen LogP contribution < -0.4 is 10.5 Å². The van der Waals surface area contributed by atoms with Crippen molar-refractivity contribution in [2.24, 2.45) is 5.14 Å². The summed E-state index contributed by atoms with van der Waals surface area (Å²) in [6.45, 7) is 1.76. The van der Waals surface area contributed by atoms with Gasteiger partial charge in [-0.15, -0.1) is 0 Å². The molecular formula is C10H16N2O4S2. The zero-order chi connectivity index (χ0) is 13.8. The third-order valence-corrected chi connectivity index (χ3v) is 4.83. The van der Waals surface area contributed by atoms with Gasteiger partial charge in [0.15, 0.2) is 9.84 Å². The molecule has 1 rings (SSSR count). The fourth-order valence-electron chi connectivity index (χ4n) is 1.28. The molecule has 0 aromatic heterocycles. The van der Waals surface area contributed by atoms with E-state index < -0.39 is 19.9 Å². The lowest BCUT2D eigenvalue weighted by Gasteiger charge is -2.06. The van der Waals surface area contributed by atoms with E-state index in [2.05, 4.69) is 5.32 Å². The Bertz CT molecular complexity index is 591. The first-order chi connectivity index (χ1) is 8.24. The molecule has 0 aliphatic rings. The molecule has 0 heterocycles. The maximum absolute atomic E-state index is 11.5. The molecule has 1 aromatic carbocycles. The fraction of sp³-hybridized carbons (Fsp3) is 0.400. The fourth-order valence-corrected chi connectivity index (χ4v) is 2.56. The van der Waals surface area contributed by atoms with E-state index in [1.165, 1.54) is 12.1 Å². The van der Waals surface area contributed by atoms with Crippen molar-refractivity contribution in [3.8, 4) is 0 Å². The highest BCUT2D eigenvalue weighted by atomic mass is 32.2. The molecule has 0 saturated carbocycles. The normalized spacial score (nSPS) is 12.3. The van der Waals surface area contributed by atoms with Gasteiger partial charge in [-0.1, -0.05) is 6.92 Å². The van der Waals surface area contributed by atoms with Crippen LogP contribution in [0.15, 0.2) is 29.2 Å². The Kier molecular flexibility index (Phi) is 4.71. The summed E-state index contributed by atoms with van der Waals surface area (Å²) in [4.78, 5) is 0.252. The van der Waals surface area contributed by atoms with Crippen molar-refractivity contribution in [3.05, 3.63) is 24.3 Å². The number of sulfone groups is 1. The number of benzene rings is 1. The summed E-state index contributed by atoms with van der Waals surface area (Å²) in [6.07, 6.45) is 0. The van der Waals surface area contributed by atoms with Gasteiger partial charge in [0.25, 0.3) is 0 Å². The van der Waals surface area contributed by atoms with Crippen LogP contribution in [-0.4, -0.2) is 34.9 Å². The SMILES string of the molecule is CCS(=O)(=O)c1ccc(NCCS(N)(=O)=O)cc1. The molecule has 0 fully saturated rings. The molecule has 18 heavy (non-hydrogen) atoms. The van der Waals surface area contributed by atoms with Crippen LogP contribution in [0.4, 0.5) is 5.69 Å². The second-order valence-corrected chi connectivity index (χ2v) is 7.73. The van der Waals surface area contributed by atoms with Crippen molar-refractivity contribution in [3.63, 3.8) is 0 Å². The van der Waals surface area contributed by atoms with Gasteiger partial charge in [0, 0.05) is 12.2 Å². The van der Waals surface area contributed by atoms with Gasteiger partial charge in [0.1, 0.15) is 0 Å². The number of anilines is 1. The third-order valence-electron chi connectivity index (χ3n) is 2.31. The van der Waals surface area contributed by atoms with Gasteiger partial charge in [0.05, 0.1) is 16.4 Å². The molecule has 0 unspecified atom stereocenters. The first-order valence-corrected chi connectivity index (χ1v) is 8.68. The number of primary sulfonamides is 1. The van der Waals surface area contributed by atoms with Crippen LogP contribution in [0.1, 0.15) is 6.92 Å². The van der Waals surface area contributed by atoms with Gasteiger partial charge in [-0.3, -0.25) is 0 Å². The lowest BCUT2D eigenvalue weighted by molar-refractivity contribution is 0.596. The largest absolute Gasteiger partial charge is 0.384 e. The number of hydrogen-bond acceptors (Lipinski definition) is 5. The lowest BCUT2D eigenvalue weighted by atomic mass is 10.3. The van der Waals surface area contributed by atoms with E-state index in [4.69, 9.17) is 5.14 Å². The highest BCUT2D eigenvalue weighted by Crippen LogP contribution is 2.15. The molecule has 0 atom stereocenters. The number of hydrogen-bond donors (Lipinski definition) is 2. The molecular weight excluding hydrogens is 276 g/mol. The van der Waals surface area contributed by atoms with E-state index in [1.54, 1.807) is 19.1 Å². The van der Waals surface area contributed by atoms with E-state index in [1.807, 2.05) is 0 Å². The average molecular weight is 292 g/mol. The third kappa shape index (κ3) is 4.63. The predicted molar refractivity (Wildman–Crippen MR) is 70.6 cm³/mol. The summed E-state index contributed by atoms with van der Waals surface area (Å²) < 4.78 is 44.5. The number of nitrogens with one attached hydrogen (secondary N) is 1. The van der Waals surface area contributed by atoms with Crippen LogP contribution in [0, 0.1) is 0 Å². The summed E-state index contributed by atoms with van der Waals surface area (Å²) in [6, 6.07) is 6.15. The van der Waals surface area contributed by atoms with E-state index in [0.29, 0.717) is 5.69 Å². The van der Waals surface area contributed by atoms with E-state index in [0.717, 1.165) is 0 Å².